The molecular weight excluding hydrogens is 241 g/mol. The zero-order valence-electron chi connectivity index (χ0n) is 9.81. The number of carboxylic acid groups (broad SMARTS) is 1. The van der Waals surface area contributed by atoms with E-state index < -0.39 is 29.5 Å². The van der Waals surface area contributed by atoms with Crippen molar-refractivity contribution in [2.45, 2.75) is 25.8 Å². The number of hydrogen-bond acceptors (Lipinski definition) is 3. The van der Waals surface area contributed by atoms with E-state index in [1.165, 1.54) is 0 Å². The summed E-state index contributed by atoms with van der Waals surface area (Å²) in [7, 11) is 0. The zero-order valence-corrected chi connectivity index (χ0v) is 9.81. The largest absolute Gasteiger partial charge is 0.507 e. The van der Waals surface area contributed by atoms with Crippen molar-refractivity contribution in [1.82, 2.24) is 5.32 Å². The lowest BCUT2D eigenvalue weighted by molar-refractivity contribution is -0.137. The molecule has 0 radical (unpaired) electrons. The highest BCUT2D eigenvalue weighted by molar-refractivity contribution is 5.97. The maximum Gasteiger partial charge on any atom is 0.305 e. The van der Waals surface area contributed by atoms with Gasteiger partial charge in [-0.3, -0.25) is 9.59 Å². The molecule has 1 amide bonds. The summed E-state index contributed by atoms with van der Waals surface area (Å²) in [4.78, 5) is 22.3. The van der Waals surface area contributed by atoms with E-state index in [0.717, 1.165) is 18.2 Å². The minimum atomic E-state index is -1.02. The van der Waals surface area contributed by atoms with Crippen LogP contribution in [0.2, 0.25) is 0 Å². The molecule has 1 atom stereocenters. The molecule has 1 rings (SSSR count). The molecule has 0 bridgehead atoms. The first kappa shape index (κ1) is 14.0. The molecule has 98 valence electrons. The van der Waals surface area contributed by atoms with Crippen LogP contribution in [-0.2, 0) is 4.79 Å². The molecule has 0 aliphatic rings. The summed E-state index contributed by atoms with van der Waals surface area (Å²) in [5.41, 5.74) is -0.0831. The predicted octanol–water partition coefficient (Wildman–Crippen LogP) is 1.51. The molecule has 1 aromatic rings. The Balaban J connectivity index is 2.77. The van der Waals surface area contributed by atoms with E-state index in [-0.39, 0.29) is 12.0 Å². The Morgan fingerprint density at radius 1 is 1.44 bits per heavy atom. The van der Waals surface area contributed by atoms with Gasteiger partial charge in [0.25, 0.3) is 5.91 Å². The van der Waals surface area contributed by atoms with Gasteiger partial charge >= 0.3 is 5.97 Å². The quantitative estimate of drug-likeness (QED) is 0.744. The van der Waals surface area contributed by atoms with Crippen molar-refractivity contribution in [3.05, 3.63) is 29.6 Å². The average molecular weight is 255 g/mol. The van der Waals surface area contributed by atoms with Gasteiger partial charge in [-0.1, -0.05) is 6.92 Å². The van der Waals surface area contributed by atoms with Gasteiger partial charge in [-0.05, 0) is 18.6 Å². The number of aromatic hydroxyl groups is 1. The first-order valence-corrected chi connectivity index (χ1v) is 5.45. The van der Waals surface area contributed by atoms with Gasteiger partial charge in [0.2, 0.25) is 0 Å². The fourth-order valence-corrected chi connectivity index (χ4v) is 1.47. The van der Waals surface area contributed by atoms with Crippen LogP contribution in [0.1, 0.15) is 30.1 Å². The van der Waals surface area contributed by atoms with E-state index in [1.54, 1.807) is 6.92 Å². The van der Waals surface area contributed by atoms with Crippen LogP contribution in [0, 0.1) is 5.82 Å². The summed E-state index contributed by atoms with van der Waals surface area (Å²) in [5.74, 6) is -2.77. The summed E-state index contributed by atoms with van der Waals surface area (Å²) in [5, 5.41) is 20.5. The Morgan fingerprint density at radius 3 is 2.61 bits per heavy atom. The van der Waals surface area contributed by atoms with E-state index in [0.29, 0.717) is 6.42 Å². The third-order valence-electron chi connectivity index (χ3n) is 2.45. The number of benzene rings is 1. The molecule has 0 heterocycles. The number of nitrogens with one attached hydrogen (secondary N) is 1. The summed E-state index contributed by atoms with van der Waals surface area (Å²) in [6.45, 7) is 1.73. The first-order valence-electron chi connectivity index (χ1n) is 5.45. The number of hydrogen-bond donors (Lipinski definition) is 3. The van der Waals surface area contributed by atoms with Gasteiger partial charge in [-0.2, -0.15) is 0 Å². The molecule has 0 saturated carbocycles. The van der Waals surface area contributed by atoms with E-state index in [1.807, 2.05) is 0 Å². The van der Waals surface area contributed by atoms with Crippen LogP contribution < -0.4 is 5.32 Å². The van der Waals surface area contributed by atoms with Crippen LogP contribution in [0.3, 0.4) is 0 Å². The molecule has 0 fully saturated rings. The summed E-state index contributed by atoms with van der Waals surface area (Å²) < 4.78 is 12.7. The molecular formula is C12H14FNO4. The molecule has 18 heavy (non-hydrogen) atoms. The smallest absolute Gasteiger partial charge is 0.305 e. The molecule has 0 aliphatic heterocycles. The molecule has 0 spiro atoms. The Labute approximate surface area is 103 Å². The molecule has 0 saturated heterocycles. The maximum atomic E-state index is 12.7. The Morgan fingerprint density at radius 2 is 2.11 bits per heavy atom. The fourth-order valence-electron chi connectivity index (χ4n) is 1.47. The van der Waals surface area contributed by atoms with E-state index in [9.17, 15) is 19.1 Å². The van der Waals surface area contributed by atoms with Crippen LogP contribution in [-0.4, -0.2) is 28.1 Å². The van der Waals surface area contributed by atoms with Crippen molar-refractivity contribution in [3.63, 3.8) is 0 Å². The highest BCUT2D eigenvalue weighted by Crippen LogP contribution is 2.18. The van der Waals surface area contributed by atoms with Gasteiger partial charge in [0.1, 0.15) is 11.6 Å². The lowest BCUT2D eigenvalue weighted by Crippen LogP contribution is -2.36. The molecule has 3 N–H and O–H groups in total. The number of halogens is 1. The summed E-state index contributed by atoms with van der Waals surface area (Å²) in [6, 6.07) is 2.49. The van der Waals surface area contributed by atoms with Gasteiger partial charge in [-0.15, -0.1) is 0 Å². The van der Waals surface area contributed by atoms with Crippen LogP contribution in [0.4, 0.5) is 4.39 Å². The molecule has 1 aromatic carbocycles. The second-order valence-corrected chi connectivity index (χ2v) is 3.84. The number of amides is 1. The van der Waals surface area contributed by atoms with Gasteiger partial charge in [-0.25, -0.2) is 4.39 Å². The number of carbonyl (C=O) groups excluding carboxylic acids is 1. The van der Waals surface area contributed by atoms with Crippen LogP contribution >= 0.6 is 0 Å². The van der Waals surface area contributed by atoms with Gasteiger partial charge in [0.15, 0.2) is 0 Å². The number of rotatable bonds is 5. The SMILES string of the molecule is CCC(CC(=O)O)NC(=O)c1ccc(F)cc1O. The van der Waals surface area contributed by atoms with Crippen LogP contribution in [0.5, 0.6) is 5.75 Å². The minimum Gasteiger partial charge on any atom is -0.507 e. The highest BCUT2D eigenvalue weighted by Gasteiger charge is 2.17. The molecule has 0 aliphatic carbocycles. The van der Waals surface area contributed by atoms with Gasteiger partial charge in [0.05, 0.1) is 12.0 Å². The van der Waals surface area contributed by atoms with E-state index in [4.69, 9.17) is 5.11 Å². The molecule has 0 aromatic heterocycles. The van der Waals surface area contributed by atoms with Crippen molar-refractivity contribution < 1.29 is 24.2 Å². The number of carbonyl (C=O) groups is 2. The molecule has 1 unspecified atom stereocenters. The second-order valence-electron chi connectivity index (χ2n) is 3.84. The van der Waals surface area contributed by atoms with Crippen molar-refractivity contribution >= 4 is 11.9 Å². The zero-order chi connectivity index (χ0) is 13.7. The number of phenolic OH excluding ortho intramolecular Hbond substituents is 1. The lowest BCUT2D eigenvalue weighted by Gasteiger charge is -2.15. The van der Waals surface area contributed by atoms with Crippen molar-refractivity contribution in [3.8, 4) is 5.75 Å². The first-order chi connectivity index (χ1) is 8.43. The van der Waals surface area contributed by atoms with Crippen molar-refractivity contribution in [2.75, 3.05) is 0 Å². The lowest BCUT2D eigenvalue weighted by atomic mass is 10.1. The minimum absolute atomic E-state index is 0.0831. The standard InChI is InChI=1S/C12H14FNO4/c1-2-8(6-11(16)17)14-12(18)9-4-3-7(13)5-10(9)15/h3-5,8,15H,2,6H2,1H3,(H,14,18)(H,16,17). The van der Waals surface area contributed by atoms with Gasteiger partial charge in [0, 0.05) is 12.1 Å². The van der Waals surface area contributed by atoms with Crippen LogP contribution in [0.25, 0.3) is 0 Å². The average Bonchev–Trinajstić information content (AvgIpc) is 2.27. The van der Waals surface area contributed by atoms with Crippen molar-refractivity contribution in [1.29, 1.82) is 0 Å². The predicted molar refractivity (Wildman–Crippen MR) is 61.9 cm³/mol. The van der Waals surface area contributed by atoms with Gasteiger partial charge < -0.3 is 15.5 Å². The third kappa shape index (κ3) is 3.73. The molecule has 5 nitrogen and oxygen atoms in total. The topological polar surface area (TPSA) is 86.6 Å². The number of phenols is 1. The number of carboxylic acids is 1. The Kier molecular flexibility index (Phi) is 4.65. The summed E-state index contributed by atoms with van der Waals surface area (Å²) in [6.07, 6.45) is 0.240. The van der Waals surface area contributed by atoms with E-state index >= 15 is 0 Å². The maximum absolute atomic E-state index is 12.7. The Hall–Kier alpha value is -2.11. The molecule has 6 heteroatoms. The van der Waals surface area contributed by atoms with Crippen LogP contribution in [0.15, 0.2) is 18.2 Å². The highest BCUT2D eigenvalue weighted by atomic mass is 19.1. The van der Waals surface area contributed by atoms with Crippen molar-refractivity contribution in [2.24, 2.45) is 0 Å². The Bertz CT molecular complexity index is 461. The normalized spacial score (nSPS) is 11.9. The fraction of sp³-hybridized carbons (Fsp3) is 0.333. The summed E-state index contributed by atoms with van der Waals surface area (Å²) >= 11 is 0. The van der Waals surface area contributed by atoms with E-state index in [2.05, 4.69) is 5.32 Å². The monoisotopic (exact) mass is 255 g/mol. The number of aliphatic carboxylic acids is 1. The third-order valence-corrected chi connectivity index (χ3v) is 2.45. The second kappa shape index (κ2) is 6.00.